The van der Waals surface area contributed by atoms with Gasteiger partial charge in [0.15, 0.2) is 0 Å². The fourth-order valence-corrected chi connectivity index (χ4v) is 1.61. The van der Waals surface area contributed by atoms with Crippen molar-refractivity contribution in [3.8, 4) is 0 Å². The number of hydrogen-bond donors (Lipinski definition) is 1. The maximum atomic E-state index is 13.1. The number of carbonyl (C=O) groups excluding carboxylic acids is 1. The molecular formula is C12H16FNO2. The second-order valence-electron chi connectivity index (χ2n) is 3.80. The summed E-state index contributed by atoms with van der Waals surface area (Å²) >= 11 is 0. The Labute approximate surface area is 94.4 Å². The number of carbonyl (C=O) groups is 1. The maximum absolute atomic E-state index is 13.1. The minimum absolute atomic E-state index is 0.164. The first kappa shape index (κ1) is 12.6. The topological polar surface area (TPSA) is 52.3 Å². The maximum Gasteiger partial charge on any atom is 0.306 e. The van der Waals surface area contributed by atoms with Gasteiger partial charge in [-0.1, -0.05) is 12.1 Å². The molecule has 1 aromatic rings. The van der Waals surface area contributed by atoms with Crippen molar-refractivity contribution in [3.63, 3.8) is 0 Å². The van der Waals surface area contributed by atoms with Crippen molar-refractivity contribution < 1.29 is 13.9 Å². The van der Waals surface area contributed by atoms with E-state index in [0.29, 0.717) is 0 Å². The third kappa shape index (κ3) is 3.31. The first-order chi connectivity index (χ1) is 7.54. The molecule has 0 fully saturated rings. The normalized spacial score (nSPS) is 14.2. The van der Waals surface area contributed by atoms with Crippen LogP contribution in [0.5, 0.6) is 0 Å². The van der Waals surface area contributed by atoms with Crippen molar-refractivity contribution in [2.24, 2.45) is 5.73 Å². The molecule has 1 rings (SSSR count). The lowest BCUT2D eigenvalue weighted by atomic mass is 9.90. The van der Waals surface area contributed by atoms with Crippen molar-refractivity contribution >= 4 is 5.97 Å². The Balaban J connectivity index is 2.89. The predicted molar refractivity (Wildman–Crippen MR) is 59.4 cm³/mol. The predicted octanol–water partition coefficient (Wildman–Crippen LogP) is 1.82. The Bertz CT molecular complexity index is 366. The molecule has 0 aliphatic rings. The highest BCUT2D eigenvalue weighted by atomic mass is 19.1. The average molecular weight is 225 g/mol. The van der Waals surface area contributed by atoms with E-state index in [1.807, 2.05) is 0 Å². The summed E-state index contributed by atoms with van der Waals surface area (Å²) in [6.45, 7) is 1.79. The lowest BCUT2D eigenvalue weighted by molar-refractivity contribution is -0.141. The van der Waals surface area contributed by atoms with Gasteiger partial charge in [-0.05, 0) is 24.6 Å². The van der Waals surface area contributed by atoms with Crippen LogP contribution in [0.4, 0.5) is 4.39 Å². The van der Waals surface area contributed by atoms with Gasteiger partial charge < -0.3 is 10.5 Å². The number of benzene rings is 1. The Morgan fingerprint density at radius 1 is 1.56 bits per heavy atom. The van der Waals surface area contributed by atoms with Gasteiger partial charge in [-0.15, -0.1) is 0 Å². The van der Waals surface area contributed by atoms with Crippen LogP contribution in [-0.2, 0) is 9.53 Å². The van der Waals surface area contributed by atoms with Gasteiger partial charge in [0, 0.05) is 12.0 Å². The van der Waals surface area contributed by atoms with Crippen LogP contribution < -0.4 is 5.73 Å². The van der Waals surface area contributed by atoms with E-state index in [1.54, 1.807) is 19.1 Å². The number of ether oxygens (including phenoxy) is 1. The quantitative estimate of drug-likeness (QED) is 0.795. The monoisotopic (exact) mass is 225 g/mol. The molecule has 0 bridgehead atoms. The summed E-state index contributed by atoms with van der Waals surface area (Å²) in [5.41, 5.74) is 6.51. The highest BCUT2D eigenvalue weighted by molar-refractivity contribution is 5.70. The zero-order chi connectivity index (χ0) is 12.1. The third-order valence-electron chi connectivity index (χ3n) is 2.53. The molecule has 0 saturated carbocycles. The Hall–Kier alpha value is -1.42. The zero-order valence-electron chi connectivity index (χ0n) is 9.44. The molecule has 0 spiro atoms. The molecule has 0 aromatic heterocycles. The smallest absolute Gasteiger partial charge is 0.306 e. The minimum atomic E-state index is -0.341. The van der Waals surface area contributed by atoms with Gasteiger partial charge >= 0.3 is 5.97 Å². The molecule has 0 heterocycles. The summed E-state index contributed by atoms with van der Waals surface area (Å²) in [4.78, 5) is 11.2. The van der Waals surface area contributed by atoms with E-state index in [-0.39, 0.29) is 30.2 Å². The fourth-order valence-electron chi connectivity index (χ4n) is 1.61. The van der Waals surface area contributed by atoms with Gasteiger partial charge in [-0.2, -0.15) is 0 Å². The molecule has 0 aliphatic heterocycles. The molecule has 2 unspecified atom stereocenters. The van der Waals surface area contributed by atoms with E-state index in [2.05, 4.69) is 4.74 Å². The Morgan fingerprint density at radius 3 is 2.75 bits per heavy atom. The van der Waals surface area contributed by atoms with E-state index in [1.165, 1.54) is 19.2 Å². The minimum Gasteiger partial charge on any atom is -0.469 e. The van der Waals surface area contributed by atoms with Crippen LogP contribution in [0.3, 0.4) is 0 Å². The van der Waals surface area contributed by atoms with Crippen molar-refractivity contribution in [1.29, 1.82) is 0 Å². The van der Waals surface area contributed by atoms with Gasteiger partial charge in [0.25, 0.3) is 0 Å². The van der Waals surface area contributed by atoms with Crippen molar-refractivity contribution in [2.75, 3.05) is 7.11 Å². The molecule has 3 nitrogen and oxygen atoms in total. The van der Waals surface area contributed by atoms with Crippen LogP contribution in [0.25, 0.3) is 0 Å². The van der Waals surface area contributed by atoms with Gasteiger partial charge in [-0.3, -0.25) is 4.79 Å². The summed E-state index contributed by atoms with van der Waals surface area (Å²) in [6, 6.07) is 5.90. The number of rotatable bonds is 4. The molecule has 0 radical (unpaired) electrons. The summed E-state index contributed by atoms with van der Waals surface area (Å²) in [5, 5.41) is 0. The third-order valence-corrected chi connectivity index (χ3v) is 2.53. The van der Waals surface area contributed by atoms with Gasteiger partial charge in [0.05, 0.1) is 13.5 Å². The van der Waals surface area contributed by atoms with Crippen molar-refractivity contribution in [3.05, 3.63) is 35.6 Å². The lowest BCUT2D eigenvalue weighted by Crippen LogP contribution is -2.27. The highest BCUT2D eigenvalue weighted by Gasteiger charge is 2.20. The molecule has 1 aromatic carbocycles. The van der Waals surface area contributed by atoms with Gasteiger partial charge in [0.1, 0.15) is 5.82 Å². The average Bonchev–Trinajstić information content (AvgIpc) is 2.25. The summed E-state index contributed by atoms with van der Waals surface area (Å²) in [7, 11) is 1.33. The molecule has 2 atom stereocenters. The molecule has 16 heavy (non-hydrogen) atoms. The van der Waals surface area contributed by atoms with E-state index < -0.39 is 0 Å². The first-order valence-electron chi connectivity index (χ1n) is 5.12. The highest BCUT2D eigenvalue weighted by Crippen LogP contribution is 2.23. The molecule has 2 N–H and O–H groups in total. The first-order valence-corrected chi connectivity index (χ1v) is 5.12. The standard InChI is InChI=1S/C12H16FNO2/c1-8(14)11(7-12(15)16-2)9-4-3-5-10(13)6-9/h3-6,8,11H,7,14H2,1-2H3. The number of halogens is 1. The molecule has 4 heteroatoms. The van der Waals surface area contributed by atoms with E-state index in [0.717, 1.165) is 5.56 Å². The van der Waals surface area contributed by atoms with Crippen LogP contribution in [-0.4, -0.2) is 19.1 Å². The summed E-state index contributed by atoms with van der Waals surface area (Å²) in [6.07, 6.45) is 0.164. The van der Waals surface area contributed by atoms with Gasteiger partial charge in [-0.25, -0.2) is 4.39 Å². The van der Waals surface area contributed by atoms with Crippen molar-refractivity contribution in [2.45, 2.75) is 25.3 Å². The SMILES string of the molecule is COC(=O)CC(c1cccc(F)c1)C(C)N. The summed E-state index contributed by atoms with van der Waals surface area (Å²) in [5.74, 6) is -0.886. The molecule has 0 amide bonds. The van der Waals surface area contributed by atoms with E-state index >= 15 is 0 Å². The zero-order valence-corrected chi connectivity index (χ0v) is 9.44. The summed E-state index contributed by atoms with van der Waals surface area (Å²) < 4.78 is 17.6. The van der Waals surface area contributed by atoms with Crippen LogP contribution >= 0.6 is 0 Å². The number of nitrogens with two attached hydrogens (primary N) is 1. The lowest BCUT2D eigenvalue weighted by Gasteiger charge is -2.20. The van der Waals surface area contributed by atoms with E-state index in [4.69, 9.17) is 5.73 Å². The fraction of sp³-hybridized carbons (Fsp3) is 0.417. The van der Waals surface area contributed by atoms with Crippen LogP contribution in [0.2, 0.25) is 0 Å². The van der Waals surface area contributed by atoms with Gasteiger partial charge in [0.2, 0.25) is 0 Å². The largest absolute Gasteiger partial charge is 0.469 e. The number of hydrogen-bond acceptors (Lipinski definition) is 3. The van der Waals surface area contributed by atoms with Crippen LogP contribution in [0, 0.1) is 5.82 Å². The second kappa shape index (κ2) is 5.61. The second-order valence-corrected chi connectivity index (χ2v) is 3.80. The molecular weight excluding hydrogens is 209 g/mol. The molecule has 88 valence electrons. The Morgan fingerprint density at radius 2 is 2.25 bits per heavy atom. The Kier molecular flexibility index (Phi) is 4.43. The molecule has 0 aliphatic carbocycles. The number of methoxy groups -OCH3 is 1. The van der Waals surface area contributed by atoms with E-state index in [9.17, 15) is 9.18 Å². The van der Waals surface area contributed by atoms with Crippen molar-refractivity contribution in [1.82, 2.24) is 0 Å². The molecule has 0 saturated heterocycles. The van der Waals surface area contributed by atoms with Crippen LogP contribution in [0.1, 0.15) is 24.8 Å². The number of esters is 1. The van der Waals surface area contributed by atoms with Crippen LogP contribution in [0.15, 0.2) is 24.3 Å².